The molecule has 0 radical (unpaired) electrons. The fourth-order valence-corrected chi connectivity index (χ4v) is 2.22. The second-order valence-electron chi connectivity index (χ2n) is 3.78. The first-order chi connectivity index (χ1) is 9.20. The Bertz CT molecular complexity index is 757. The van der Waals surface area contributed by atoms with Crippen molar-refractivity contribution in [3.8, 4) is 11.4 Å². The van der Waals surface area contributed by atoms with E-state index in [1.165, 1.54) is 6.33 Å². The Labute approximate surface area is 118 Å². The molecule has 0 bridgehead atoms. The molecule has 0 amide bonds. The van der Waals surface area contributed by atoms with E-state index in [0.29, 0.717) is 27.0 Å². The molecule has 0 atom stereocenters. The molecule has 0 aliphatic heterocycles. The van der Waals surface area contributed by atoms with Crippen molar-refractivity contribution in [2.45, 2.75) is 0 Å². The molecule has 7 heteroatoms. The summed E-state index contributed by atoms with van der Waals surface area (Å²) in [5.74, 6) is 0.606. The zero-order valence-corrected chi connectivity index (χ0v) is 11.4. The molecular weight excluding hydrogens is 287 g/mol. The van der Waals surface area contributed by atoms with Crippen molar-refractivity contribution in [2.75, 3.05) is 7.11 Å². The minimum absolute atomic E-state index is 0.371. The molecule has 5 nitrogen and oxygen atoms in total. The third-order valence-corrected chi connectivity index (χ3v) is 3.29. The van der Waals surface area contributed by atoms with Crippen LogP contribution in [0.2, 0.25) is 10.2 Å². The Morgan fingerprint density at radius 1 is 1.21 bits per heavy atom. The standard InChI is InChI=1S/C12H8Cl2N4O/c1-19-10-3-2-7(4-9(10)13)18-12-8(5-17-18)11(14)15-6-16-12/h2-6H,1H3. The van der Waals surface area contributed by atoms with E-state index in [4.69, 9.17) is 27.9 Å². The third kappa shape index (κ3) is 2.01. The van der Waals surface area contributed by atoms with Crippen molar-refractivity contribution in [3.05, 3.63) is 40.9 Å². The quantitative estimate of drug-likeness (QED) is 0.682. The lowest BCUT2D eigenvalue weighted by Crippen LogP contribution is -1.98. The summed E-state index contributed by atoms with van der Waals surface area (Å²) in [6, 6.07) is 5.37. The van der Waals surface area contributed by atoms with Gasteiger partial charge >= 0.3 is 0 Å². The van der Waals surface area contributed by atoms with Gasteiger partial charge in [0.05, 0.1) is 29.4 Å². The van der Waals surface area contributed by atoms with Crippen LogP contribution in [0.1, 0.15) is 0 Å². The molecule has 0 aliphatic rings. The summed E-state index contributed by atoms with van der Waals surface area (Å²) in [7, 11) is 1.57. The number of hydrogen-bond acceptors (Lipinski definition) is 4. The van der Waals surface area contributed by atoms with Crippen LogP contribution in [0.3, 0.4) is 0 Å². The van der Waals surface area contributed by atoms with Crippen molar-refractivity contribution in [2.24, 2.45) is 0 Å². The van der Waals surface area contributed by atoms with E-state index >= 15 is 0 Å². The summed E-state index contributed by atoms with van der Waals surface area (Å²) >= 11 is 12.1. The number of methoxy groups -OCH3 is 1. The highest BCUT2D eigenvalue weighted by atomic mass is 35.5. The van der Waals surface area contributed by atoms with E-state index in [1.54, 1.807) is 30.1 Å². The van der Waals surface area contributed by atoms with Crippen LogP contribution in [-0.2, 0) is 0 Å². The fourth-order valence-electron chi connectivity index (χ4n) is 1.79. The van der Waals surface area contributed by atoms with Gasteiger partial charge in [0.25, 0.3) is 0 Å². The molecule has 3 rings (SSSR count). The molecule has 0 spiro atoms. The first-order valence-electron chi connectivity index (χ1n) is 5.39. The van der Waals surface area contributed by atoms with Gasteiger partial charge in [0.15, 0.2) is 5.65 Å². The van der Waals surface area contributed by atoms with Gasteiger partial charge in [0.2, 0.25) is 0 Å². The smallest absolute Gasteiger partial charge is 0.167 e. The normalized spacial score (nSPS) is 10.9. The number of benzene rings is 1. The number of ether oxygens (including phenoxy) is 1. The molecule has 1 aromatic carbocycles. The summed E-state index contributed by atoms with van der Waals surface area (Å²) in [5, 5.41) is 5.82. The minimum Gasteiger partial charge on any atom is -0.495 e. The average Bonchev–Trinajstić information content (AvgIpc) is 2.84. The van der Waals surface area contributed by atoms with Gasteiger partial charge in [-0.15, -0.1) is 0 Å². The maximum atomic E-state index is 6.10. The zero-order chi connectivity index (χ0) is 13.4. The molecule has 0 unspecified atom stereocenters. The maximum Gasteiger partial charge on any atom is 0.167 e. The van der Waals surface area contributed by atoms with Gasteiger partial charge in [0, 0.05) is 0 Å². The number of halogens is 2. The van der Waals surface area contributed by atoms with Gasteiger partial charge in [0.1, 0.15) is 17.2 Å². The van der Waals surface area contributed by atoms with Crippen LogP contribution in [0.15, 0.2) is 30.7 Å². The number of fused-ring (bicyclic) bond motifs is 1. The first kappa shape index (κ1) is 12.2. The number of hydrogen-bond donors (Lipinski definition) is 0. The van der Waals surface area contributed by atoms with E-state index in [0.717, 1.165) is 5.69 Å². The minimum atomic E-state index is 0.371. The monoisotopic (exact) mass is 294 g/mol. The largest absolute Gasteiger partial charge is 0.495 e. The van der Waals surface area contributed by atoms with Gasteiger partial charge in [-0.3, -0.25) is 0 Å². The van der Waals surface area contributed by atoms with Gasteiger partial charge in [-0.2, -0.15) is 5.10 Å². The molecule has 0 saturated heterocycles. The van der Waals surface area contributed by atoms with Crippen LogP contribution in [0, 0.1) is 0 Å². The summed E-state index contributed by atoms with van der Waals surface area (Å²) < 4.78 is 6.76. The summed E-state index contributed by atoms with van der Waals surface area (Å²) in [6.45, 7) is 0. The van der Waals surface area contributed by atoms with Crippen molar-refractivity contribution in [1.29, 1.82) is 0 Å². The molecule has 19 heavy (non-hydrogen) atoms. The van der Waals surface area contributed by atoms with Gasteiger partial charge in [-0.1, -0.05) is 23.2 Å². The van der Waals surface area contributed by atoms with Crippen LogP contribution >= 0.6 is 23.2 Å². The predicted octanol–water partition coefficient (Wildman–Crippen LogP) is 3.13. The van der Waals surface area contributed by atoms with Crippen LogP contribution in [-0.4, -0.2) is 26.9 Å². The number of nitrogens with zero attached hydrogens (tertiary/aromatic N) is 4. The second-order valence-corrected chi connectivity index (χ2v) is 4.54. The summed E-state index contributed by atoms with van der Waals surface area (Å²) in [6.07, 6.45) is 3.02. The van der Waals surface area contributed by atoms with E-state index in [-0.39, 0.29) is 0 Å². The molecule has 2 aromatic heterocycles. The Morgan fingerprint density at radius 3 is 2.79 bits per heavy atom. The zero-order valence-electron chi connectivity index (χ0n) is 9.84. The lowest BCUT2D eigenvalue weighted by Gasteiger charge is -2.06. The molecular formula is C12H8Cl2N4O. The maximum absolute atomic E-state index is 6.10. The van der Waals surface area contributed by atoms with Crippen LogP contribution < -0.4 is 4.74 Å². The van der Waals surface area contributed by atoms with Gasteiger partial charge < -0.3 is 4.74 Å². The Kier molecular flexibility index (Phi) is 3.00. The van der Waals surface area contributed by atoms with E-state index in [2.05, 4.69) is 15.1 Å². The lowest BCUT2D eigenvalue weighted by molar-refractivity contribution is 0.415. The highest BCUT2D eigenvalue weighted by molar-refractivity contribution is 6.34. The molecule has 3 aromatic rings. The lowest BCUT2D eigenvalue weighted by atomic mass is 10.3. The highest BCUT2D eigenvalue weighted by Gasteiger charge is 2.11. The summed E-state index contributed by atoms with van der Waals surface area (Å²) in [5.41, 5.74) is 1.40. The predicted molar refractivity (Wildman–Crippen MR) is 73.2 cm³/mol. The SMILES string of the molecule is COc1ccc(-n2ncc3c(Cl)ncnc32)cc1Cl. The third-order valence-electron chi connectivity index (χ3n) is 2.70. The van der Waals surface area contributed by atoms with E-state index in [9.17, 15) is 0 Å². The Morgan fingerprint density at radius 2 is 2.05 bits per heavy atom. The summed E-state index contributed by atoms with van der Waals surface area (Å²) in [4.78, 5) is 8.10. The molecule has 2 heterocycles. The van der Waals surface area contributed by atoms with Crippen LogP contribution in [0.25, 0.3) is 16.7 Å². The number of rotatable bonds is 2. The molecule has 0 N–H and O–H groups in total. The molecule has 0 fully saturated rings. The highest BCUT2D eigenvalue weighted by Crippen LogP contribution is 2.28. The number of aromatic nitrogens is 4. The second kappa shape index (κ2) is 4.68. The average molecular weight is 295 g/mol. The van der Waals surface area contributed by atoms with Crippen molar-refractivity contribution in [3.63, 3.8) is 0 Å². The van der Waals surface area contributed by atoms with Gasteiger partial charge in [-0.05, 0) is 18.2 Å². The van der Waals surface area contributed by atoms with Crippen molar-refractivity contribution < 1.29 is 4.74 Å². The molecule has 96 valence electrons. The van der Waals surface area contributed by atoms with Crippen LogP contribution in [0.4, 0.5) is 0 Å². The topological polar surface area (TPSA) is 52.8 Å². The van der Waals surface area contributed by atoms with Crippen LogP contribution in [0.5, 0.6) is 5.75 Å². The Balaban J connectivity index is 2.19. The van der Waals surface area contributed by atoms with Crippen molar-refractivity contribution in [1.82, 2.24) is 19.7 Å². The molecule has 0 aliphatic carbocycles. The first-order valence-corrected chi connectivity index (χ1v) is 6.14. The van der Waals surface area contributed by atoms with Crippen molar-refractivity contribution >= 4 is 34.2 Å². The van der Waals surface area contributed by atoms with Gasteiger partial charge in [-0.25, -0.2) is 14.6 Å². The Hall–Kier alpha value is -1.85. The fraction of sp³-hybridized carbons (Fsp3) is 0.0833. The van der Waals surface area contributed by atoms with E-state index < -0.39 is 0 Å². The van der Waals surface area contributed by atoms with E-state index in [1.807, 2.05) is 6.07 Å². The molecule has 0 saturated carbocycles.